The molecule has 2 aromatic carbocycles. The predicted molar refractivity (Wildman–Crippen MR) is 95.8 cm³/mol. The third kappa shape index (κ3) is 3.98. The van der Waals surface area contributed by atoms with Crippen LogP contribution in [0.3, 0.4) is 0 Å². The van der Waals surface area contributed by atoms with E-state index in [0.29, 0.717) is 18.2 Å². The predicted octanol–water partition coefficient (Wildman–Crippen LogP) is 4.76. The Kier molecular flexibility index (Phi) is 4.99. The lowest BCUT2D eigenvalue weighted by Gasteiger charge is -2.12. The van der Waals surface area contributed by atoms with Gasteiger partial charge >= 0.3 is 0 Å². The van der Waals surface area contributed by atoms with E-state index in [0.717, 1.165) is 5.56 Å². The molecule has 0 saturated heterocycles. The van der Waals surface area contributed by atoms with Crippen molar-refractivity contribution in [2.45, 2.75) is 0 Å². The molecule has 6 heteroatoms. The standard InChI is InChI=1S/C19H16F2N4/c1-2-11-22-19-23-16(13-7-4-3-5-8-13)12-17(25-19)24-18-14(20)9-6-10-15(18)21/h2-10,12H,1,11H2,(H2,22,23,24,25). The van der Waals surface area contributed by atoms with Crippen molar-refractivity contribution in [1.82, 2.24) is 9.97 Å². The maximum atomic E-state index is 13.9. The molecular formula is C19H16F2N4. The molecule has 0 saturated carbocycles. The summed E-state index contributed by atoms with van der Waals surface area (Å²) in [7, 11) is 0. The monoisotopic (exact) mass is 338 g/mol. The Labute approximate surface area is 144 Å². The van der Waals surface area contributed by atoms with Crippen molar-refractivity contribution in [2.75, 3.05) is 17.2 Å². The highest BCUT2D eigenvalue weighted by atomic mass is 19.1. The van der Waals surface area contributed by atoms with Crippen LogP contribution in [-0.4, -0.2) is 16.5 Å². The molecule has 126 valence electrons. The zero-order chi connectivity index (χ0) is 17.6. The lowest BCUT2D eigenvalue weighted by atomic mass is 10.1. The minimum absolute atomic E-state index is 0.255. The molecule has 1 heterocycles. The summed E-state index contributed by atoms with van der Waals surface area (Å²) in [5.41, 5.74) is 1.24. The van der Waals surface area contributed by atoms with Crippen molar-refractivity contribution in [3.05, 3.63) is 78.9 Å². The SMILES string of the molecule is C=CCNc1nc(Nc2c(F)cccc2F)cc(-c2ccccc2)n1. The van der Waals surface area contributed by atoms with Gasteiger partial charge in [0.1, 0.15) is 23.1 Å². The average Bonchev–Trinajstić information content (AvgIpc) is 2.64. The van der Waals surface area contributed by atoms with E-state index in [4.69, 9.17) is 0 Å². The van der Waals surface area contributed by atoms with E-state index in [1.54, 1.807) is 12.1 Å². The summed E-state index contributed by atoms with van der Waals surface area (Å²) in [5.74, 6) is -0.772. The second-order valence-corrected chi connectivity index (χ2v) is 5.22. The number of nitrogens with zero attached hydrogens (tertiary/aromatic N) is 2. The molecule has 0 spiro atoms. The first-order chi connectivity index (χ1) is 12.2. The summed E-state index contributed by atoms with van der Waals surface area (Å²) in [4.78, 5) is 8.69. The minimum atomic E-state index is -0.694. The van der Waals surface area contributed by atoms with Crippen LogP contribution in [-0.2, 0) is 0 Å². The van der Waals surface area contributed by atoms with Gasteiger partial charge in [0.25, 0.3) is 0 Å². The molecule has 0 fully saturated rings. The highest BCUT2D eigenvalue weighted by Crippen LogP contribution is 2.26. The second-order valence-electron chi connectivity index (χ2n) is 5.22. The van der Waals surface area contributed by atoms with Gasteiger partial charge in [-0.3, -0.25) is 0 Å². The van der Waals surface area contributed by atoms with Gasteiger partial charge in [0.05, 0.1) is 5.69 Å². The number of aromatic nitrogens is 2. The average molecular weight is 338 g/mol. The van der Waals surface area contributed by atoms with Gasteiger partial charge in [-0.2, -0.15) is 4.98 Å². The van der Waals surface area contributed by atoms with Crippen LogP contribution in [0.2, 0.25) is 0 Å². The van der Waals surface area contributed by atoms with Crippen LogP contribution in [0, 0.1) is 11.6 Å². The van der Waals surface area contributed by atoms with Crippen molar-refractivity contribution < 1.29 is 8.78 Å². The van der Waals surface area contributed by atoms with Crippen LogP contribution < -0.4 is 10.6 Å². The van der Waals surface area contributed by atoms with Crippen LogP contribution in [0.25, 0.3) is 11.3 Å². The number of hydrogen-bond donors (Lipinski definition) is 2. The maximum absolute atomic E-state index is 13.9. The molecule has 1 aromatic heterocycles. The van der Waals surface area contributed by atoms with Crippen molar-refractivity contribution in [1.29, 1.82) is 0 Å². The van der Waals surface area contributed by atoms with Gasteiger partial charge in [0, 0.05) is 18.2 Å². The van der Waals surface area contributed by atoms with Gasteiger partial charge in [-0.05, 0) is 12.1 Å². The van der Waals surface area contributed by atoms with Gasteiger partial charge in [-0.25, -0.2) is 13.8 Å². The first-order valence-corrected chi connectivity index (χ1v) is 7.67. The fourth-order valence-corrected chi connectivity index (χ4v) is 2.26. The molecular weight excluding hydrogens is 322 g/mol. The molecule has 0 atom stereocenters. The van der Waals surface area contributed by atoms with E-state index < -0.39 is 11.6 Å². The molecule has 3 aromatic rings. The quantitative estimate of drug-likeness (QED) is 0.636. The van der Waals surface area contributed by atoms with E-state index in [1.165, 1.54) is 18.2 Å². The number of para-hydroxylation sites is 1. The smallest absolute Gasteiger partial charge is 0.225 e. The maximum Gasteiger partial charge on any atom is 0.225 e. The zero-order valence-corrected chi connectivity index (χ0v) is 13.3. The molecule has 0 amide bonds. The Bertz CT molecular complexity index is 862. The molecule has 0 radical (unpaired) electrons. The number of anilines is 3. The summed E-state index contributed by atoms with van der Waals surface area (Å²) >= 11 is 0. The summed E-state index contributed by atoms with van der Waals surface area (Å²) in [6.45, 7) is 4.10. The fraction of sp³-hybridized carbons (Fsp3) is 0.0526. The molecule has 25 heavy (non-hydrogen) atoms. The number of halogens is 2. The third-order valence-corrected chi connectivity index (χ3v) is 3.42. The van der Waals surface area contributed by atoms with E-state index in [-0.39, 0.29) is 11.5 Å². The Balaban J connectivity index is 2.01. The lowest BCUT2D eigenvalue weighted by Crippen LogP contribution is -2.07. The molecule has 0 unspecified atom stereocenters. The van der Waals surface area contributed by atoms with E-state index in [9.17, 15) is 8.78 Å². The zero-order valence-electron chi connectivity index (χ0n) is 13.3. The highest BCUT2D eigenvalue weighted by molar-refractivity contribution is 5.67. The van der Waals surface area contributed by atoms with Gasteiger partial charge in [-0.1, -0.05) is 42.5 Å². The molecule has 0 aliphatic carbocycles. The topological polar surface area (TPSA) is 49.8 Å². The third-order valence-electron chi connectivity index (χ3n) is 3.42. The summed E-state index contributed by atoms with van der Waals surface area (Å²) in [5, 5.41) is 5.69. The van der Waals surface area contributed by atoms with Crippen molar-refractivity contribution in [3.63, 3.8) is 0 Å². The summed E-state index contributed by atoms with van der Waals surface area (Å²) < 4.78 is 27.8. The van der Waals surface area contributed by atoms with Crippen molar-refractivity contribution in [3.8, 4) is 11.3 Å². The normalized spacial score (nSPS) is 10.3. The lowest BCUT2D eigenvalue weighted by molar-refractivity contribution is 0.590. The Hall–Kier alpha value is -3.28. The Morgan fingerprint density at radius 3 is 2.36 bits per heavy atom. The van der Waals surface area contributed by atoms with Crippen molar-refractivity contribution in [2.24, 2.45) is 0 Å². The Morgan fingerprint density at radius 1 is 0.960 bits per heavy atom. The van der Waals surface area contributed by atoms with Gasteiger partial charge < -0.3 is 10.6 Å². The molecule has 2 N–H and O–H groups in total. The first-order valence-electron chi connectivity index (χ1n) is 7.67. The van der Waals surface area contributed by atoms with Gasteiger partial charge in [0.15, 0.2) is 0 Å². The van der Waals surface area contributed by atoms with E-state index in [1.807, 2.05) is 30.3 Å². The van der Waals surface area contributed by atoms with Crippen LogP contribution in [0.15, 0.2) is 67.3 Å². The van der Waals surface area contributed by atoms with E-state index in [2.05, 4.69) is 27.2 Å². The minimum Gasteiger partial charge on any atom is -0.351 e. The molecule has 0 aliphatic heterocycles. The molecule has 0 aliphatic rings. The largest absolute Gasteiger partial charge is 0.351 e. The van der Waals surface area contributed by atoms with Crippen molar-refractivity contribution >= 4 is 17.5 Å². The van der Waals surface area contributed by atoms with Crippen LogP contribution in [0.4, 0.5) is 26.2 Å². The fourth-order valence-electron chi connectivity index (χ4n) is 2.26. The number of benzene rings is 2. The number of nitrogens with one attached hydrogen (secondary N) is 2. The first kappa shape index (κ1) is 16.6. The molecule has 3 rings (SSSR count). The number of hydrogen-bond acceptors (Lipinski definition) is 4. The highest BCUT2D eigenvalue weighted by Gasteiger charge is 2.12. The Morgan fingerprint density at radius 2 is 1.68 bits per heavy atom. The van der Waals surface area contributed by atoms with Gasteiger partial charge in [-0.15, -0.1) is 6.58 Å². The van der Waals surface area contributed by atoms with Crippen LogP contribution >= 0.6 is 0 Å². The van der Waals surface area contributed by atoms with E-state index >= 15 is 0 Å². The number of rotatable bonds is 6. The summed E-state index contributed by atoms with van der Waals surface area (Å²) in [6, 6.07) is 14.8. The molecule has 0 bridgehead atoms. The molecule has 4 nitrogen and oxygen atoms in total. The van der Waals surface area contributed by atoms with Crippen LogP contribution in [0.1, 0.15) is 0 Å². The second kappa shape index (κ2) is 7.53. The summed E-state index contributed by atoms with van der Waals surface area (Å²) in [6.07, 6.45) is 1.67. The van der Waals surface area contributed by atoms with Crippen LogP contribution in [0.5, 0.6) is 0 Å². The van der Waals surface area contributed by atoms with Gasteiger partial charge in [0.2, 0.25) is 5.95 Å².